The number of hydrogen-bond donors (Lipinski definition) is 0. The predicted molar refractivity (Wildman–Crippen MR) is 73.9 cm³/mol. The van der Waals surface area contributed by atoms with E-state index in [0.29, 0.717) is 6.42 Å². The van der Waals surface area contributed by atoms with Crippen LogP contribution in [0.5, 0.6) is 0 Å². The van der Waals surface area contributed by atoms with Crippen molar-refractivity contribution < 1.29 is 22.4 Å². The van der Waals surface area contributed by atoms with E-state index >= 15 is 0 Å². The van der Waals surface area contributed by atoms with Crippen LogP contribution in [-0.4, -0.2) is 5.78 Å². The highest BCUT2D eigenvalue weighted by Crippen LogP contribution is 2.38. The summed E-state index contributed by atoms with van der Waals surface area (Å²) in [5.74, 6) is -0.114. The summed E-state index contributed by atoms with van der Waals surface area (Å²) < 4.78 is 43.8. The number of ketones is 1. The Morgan fingerprint density at radius 2 is 1.77 bits per heavy atom. The number of hydrogen-bond acceptors (Lipinski definition) is 3. The van der Waals surface area contributed by atoms with Crippen LogP contribution < -0.4 is 5.63 Å². The Labute approximate surface area is 123 Å². The van der Waals surface area contributed by atoms with Crippen molar-refractivity contribution in [2.75, 3.05) is 0 Å². The second kappa shape index (κ2) is 4.44. The fourth-order valence-electron chi connectivity index (χ4n) is 2.92. The minimum absolute atomic E-state index is 0.000180. The second-order valence-electron chi connectivity index (χ2n) is 6.39. The van der Waals surface area contributed by atoms with Gasteiger partial charge in [-0.15, -0.1) is 0 Å². The van der Waals surface area contributed by atoms with Gasteiger partial charge in [0.15, 0.2) is 5.78 Å². The molecule has 22 heavy (non-hydrogen) atoms. The van der Waals surface area contributed by atoms with Crippen LogP contribution >= 0.6 is 0 Å². The molecule has 1 aliphatic carbocycles. The molecule has 0 unspecified atom stereocenters. The lowest BCUT2D eigenvalue weighted by molar-refractivity contribution is -0.137. The first-order chi connectivity index (χ1) is 10.1. The number of alkyl halides is 3. The molecule has 0 bridgehead atoms. The summed E-state index contributed by atoms with van der Waals surface area (Å²) in [6, 6.07) is 2.75. The molecule has 3 rings (SSSR count). The monoisotopic (exact) mass is 310 g/mol. The minimum atomic E-state index is -4.53. The molecule has 0 atom stereocenters. The van der Waals surface area contributed by atoms with Crippen molar-refractivity contribution in [3.8, 4) is 0 Å². The average Bonchev–Trinajstić information content (AvgIpc) is 2.34. The first-order valence-corrected chi connectivity index (χ1v) is 6.79. The molecule has 1 aliphatic rings. The zero-order valence-corrected chi connectivity index (χ0v) is 12.0. The Balaban J connectivity index is 2.36. The van der Waals surface area contributed by atoms with E-state index in [-0.39, 0.29) is 39.7 Å². The maximum atomic E-state index is 12.9. The van der Waals surface area contributed by atoms with Gasteiger partial charge in [0.1, 0.15) is 5.76 Å². The molecule has 0 amide bonds. The van der Waals surface area contributed by atoms with Crippen LogP contribution in [0.15, 0.2) is 27.4 Å². The summed E-state index contributed by atoms with van der Waals surface area (Å²) in [4.78, 5) is 24.3. The normalized spacial score (nSPS) is 17.6. The summed E-state index contributed by atoms with van der Waals surface area (Å²) in [6.07, 6.45) is -3.98. The van der Waals surface area contributed by atoms with Crippen LogP contribution in [0.4, 0.5) is 13.2 Å². The Bertz CT molecular complexity index is 844. The smallest absolute Gasteiger partial charge is 0.416 e. The van der Waals surface area contributed by atoms with Crippen molar-refractivity contribution in [2.24, 2.45) is 5.41 Å². The van der Waals surface area contributed by atoms with Gasteiger partial charge in [-0.3, -0.25) is 4.79 Å². The summed E-state index contributed by atoms with van der Waals surface area (Å²) in [6.45, 7) is 3.70. The molecular formula is C16H13F3O3. The molecule has 3 nitrogen and oxygen atoms in total. The van der Waals surface area contributed by atoms with E-state index in [4.69, 9.17) is 4.42 Å². The Morgan fingerprint density at radius 1 is 1.09 bits per heavy atom. The molecular weight excluding hydrogens is 297 g/mol. The number of halogens is 3. The molecule has 1 aromatic heterocycles. The van der Waals surface area contributed by atoms with Gasteiger partial charge in [0.25, 0.3) is 0 Å². The maximum absolute atomic E-state index is 12.9. The van der Waals surface area contributed by atoms with Gasteiger partial charge in [-0.1, -0.05) is 13.8 Å². The lowest BCUT2D eigenvalue weighted by Crippen LogP contribution is -2.28. The van der Waals surface area contributed by atoms with Gasteiger partial charge in [-0.2, -0.15) is 13.2 Å². The number of rotatable bonds is 0. The molecule has 0 spiro atoms. The molecule has 0 fully saturated rings. The van der Waals surface area contributed by atoms with E-state index < -0.39 is 17.4 Å². The van der Waals surface area contributed by atoms with Crippen molar-refractivity contribution in [1.29, 1.82) is 0 Å². The lowest BCUT2D eigenvalue weighted by atomic mass is 9.75. The zero-order chi connectivity index (χ0) is 16.3. The highest BCUT2D eigenvalue weighted by molar-refractivity contribution is 6.09. The third-order valence-electron chi connectivity index (χ3n) is 3.89. The quantitative estimate of drug-likeness (QED) is 0.740. The van der Waals surface area contributed by atoms with Crippen molar-refractivity contribution in [2.45, 2.75) is 32.9 Å². The Morgan fingerprint density at radius 3 is 2.41 bits per heavy atom. The number of carbonyl (C=O) groups excluding carboxylic acids is 1. The number of fused-ring (bicyclic) bond motifs is 3. The zero-order valence-electron chi connectivity index (χ0n) is 12.0. The molecule has 1 heterocycles. The van der Waals surface area contributed by atoms with Crippen molar-refractivity contribution in [3.63, 3.8) is 0 Å². The fourth-order valence-corrected chi connectivity index (χ4v) is 2.92. The van der Waals surface area contributed by atoms with Crippen LogP contribution in [-0.2, 0) is 12.6 Å². The molecule has 6 heteroatoms. The second-order valence-corrected chi connectivity index (χ2v) is 6.39. The molecule has 1 aromatic carbocycles. The molecule has 116 valence electrons. The van der Waals surface area contributed by atoms with Gasteiger partial charge >= 0.3 is 11.8 Å². The molecule has 0 aliphatic heterocycles. The van der Waals surface area contributed by atoms with Crippen LogP contribution in [0, 0.1) is 5.41 Å². The van der Waals surface area contributed by atoms with E-state index in [1.807, 2.05) is 13.8 Å². The molecule has 0 radical (unpaired) electrons. The SMILES string of the molecule is CC1(C)CC(=O)c2c(oc(=O)c3ccc(C(F)(F)F)cc23)C1. The van der Waals surface area contributed by atoms with Crippen LogP contribution in [0.2, 0.25) is 0 Å². The average molecular weight is 310 g/mol. The van der Waals surface area contributed by atoms with Gasteiger partial charge in [0.2, 0.25) is 0 Å². The Hall–Kier alpha value is -2.11. The molecule has 0 saturated carbocycles. The minimum Gasteiger partial charge on any atom is -0.427 e. The fraction of sp³-hybridized carbons (Fsp3) is 0.375. The molecule has 2 aromatic rings. The van der Waals surface area contributed by atoms with E-state index in [1.165, 1.54) is 0 Å². The third-order valence-corrected chi connectivity index (χ3v) is 3.89. The molecule has 0 saturated heterocycles. The number of carbonyl (C=O) groups is 1. The van der Waals surface area contributed by atoms with Crippen LogP contribution in [0.25, 0.3) is 10.8 Å². The first-order valence-electron chi connectivity index (χ1n) is 6.79. The number of benzene rings is 1. The highest BCUT2D eigenvalue weighted by atomic mass is 19.4. The first kappa shape index (κ1) is 14.8. The van der Waals surface area contributed by atoms with E-state index in [9.17, 15) is 22.8 Å². The van der Waals surface area contributed by atoms with Gasteiger partial charge in [-0.25, -0.2) is 4.79 Å². The van der Waals surface area contributed by atoms with Gasteiger partial charge in [-0.05, 0) is 23.6 Å². The standard InChI is InChI=1S/C16H13F3O3/c1-15(2)6-11(20)13-10-5-8(16(17,18)19)3-4-9(10)14(21)22-12(13)7-15/h3-5H,6-7H2,1-2H3. The van der Waals surface area contributed by atoms with Gasteiger partial charge < -0.3 is 4.42 Å². The Kier molecular flexibility index (Phi) is 2.99. The van der Waals surface area contributed by atoms with Crippen LogP contribution in [0.3, 0.4) is 0 Å². The lowest BCUT2D eigenvalue weighted by Gasteiger charge is -2.29. The summed E-state index contributed by atoms with van der Waals surface area (Å²) in [5.41, 5.74) is -1.87. The van der Waals surface area contributed by atoms with Crippen molar-refractivity contribution in [3.05, 3.63) is 45.5 Å². The largest absolute Gasteiger partial charge is 0.427 e. The number of Topliss-reactive ketones (excluding diaryl/α,β-unsaturated/α-hetero) is 1. The summed E-state index contributed by atoms with van der Waals surface area (Å²) >= 11 is 0. The topological polar surface area (TPSA) is 47.3 Å². The summed E-state index contributed by atoms with van der Waals surface area (Å²) in [5, 5.41) is 0.0291. The van der Waals surface area contributed by atoms with E-state index in [2.05, 4.69) is 0 Å². The van der Waals surface area contributed by atoms with Gasteiger partial charge in [0.05, 0.1) is 16.5 Å². The molecule has 0 N–H and O–H groups in total. The van der Waals surface area contributed by atoms with Crippen molar-refractivity contribution >= 4 is 16.6 Å². The third kappa shape index (κ3) is 2.32. The van der Waals surface area contributed by atoms with E-state index in [0.717, 1.165) is 18.2 Å². The van der Waals surface area contributed by atoms with Gasteiger partial charge in [0, 0.05) is 18.2 Å². The summed E-state index contributed by atoms with van der Waals surface area (Å²) in [7, 11) is 0. The van der Waals surface area contributed by atoms with E-state index in [1.54, 1.807) is 0 Å². The maximum Gasteiger partial charge on any atom is 0.416 e. The highest BCUT2D eigenvalue weighted by Gasteiger charge is 2.36. The van der Waals surface area contributed by atoms with Crippen LogP contribution in [0.1, 0.15) is 41.9 Å². The van der Waals surface area contributed by atoms with Crippen molar-refractivity contribution in [1.82, 2.24) is 0 Å². The predicted octanol–water partition coefficient (Wildman–Crippen LogP) is 3.97.